The number of nitrogen functional groups attached to an aromatic ring is 1. The topological polar surface area (TPSA) is 44.1 Å². The molecule has 0 radical (unpaired) electrons. The molecule has 0 amide bonds. The van der Waals surface area contributed by atoms with E-state index in [4.69, 9.17) is 10.2 Å². The molecule has 0 unspecified atom stereocenters. The summed E-state index contributed by atoms with van der Waals surface area (Å²) >= 11 is 0. The van der Waals surface area contributed by atoms with Gasteiger partial charge >= 0.3 is 0 Å². The van der Waals surface area contributed by atoms with Crippen LogP contribution in [-0.4, -0.2) is 4.57 Å². The van der Waals surface area contributed by atoms with Gasteiger partial charge in [0.15, 0.2) is 5.58 Å². The third kappa shape index (κ3) is 1.56. The molecule has 4 aromatic rings. The molecule has 110 valence electrons. The lowest BCUT2D eigenvalue weighted by Gasteiger charge is -2.14. The highest BCUT2D eigenvalue weighted by molar-refractivity contribution is 6.09. The minimum Gasteiger partial charge on any atom is -0.452 e. The second-order valence-corrected chi connectivity index (χ2v) is 5.85. The maximum absolute atomic E-state index is 6.33. The Morgan fingerprint density at radius 3 is 2.32 bits per heavy atom. The van der Waals surface area contributed by atoms with Gasteiger partial charge in [0.1, 0.15) is 11.1 Å². The van der Waals surface area contributed by atoms with Gasteiger partial charge in [-0.2, -0.15) is 0 Å². The molecule has 2 heterocycles. The Morgan fingerprint density at radius 2 is 1.59 bits per heavy atom. The molecule has 0 saturated carbocycles. The van der Waals surface area contributed by atoms with E-state index in [1.807, 2.05) is 25.1 Å². The van der Waals surface area contributed by atoms with Crippen molar-refractivity contribution in [1.82, 2.24) is 4.57 Å². The van der Waals surface area contributed by atoms with E-state index < -0.39 is 0 Å². The van der Waals surface area contributed by atoms with Gasteiger partial charge in [-0.25, -0.2) is 0 Å². The third-order valence-electron chi connectivity index (χ3n) is 4.43. The predicted octanol–water partition coefficient (Wildman–Crippen LogP) is 4.88. The monoisotopic (exact) mass is 290 g/mol. The smallest absolute Gasteiger partial charge is 0.176 e. The van der Waals surface area contributed by atoms with Crippen LogP contribution in [0.3, 0.4) is 0 Å². The molecule has 0 aliphatic heterocycles. The van der Waals surface area contributed by atoms with Crippen LogP contribution >= 0.6 is 0 Å². The summed E-state index contributed by atoms with van der Waals surface area (Å²) in [6, 6.07) is 14.4. The standard InChI is InChI=1S/C19H18N2O/c1-11-7-6-8-12(2)17(11)21-13(3)16(20)19-18(21)14-9-4-5-10-15(14)22-19/h4-10H,20H2,1-3H3. The van der Waals surface area contributed by atoms with Gasteiger partial charge in [-0.3, -0.25) is 0 Å². The first-order chi connectivity index (χ1) is 10.6. The molecule has 0 aliphatic carbocycles. The summed E-state index contributed by atoms with van der Waals surface area (Å²) in [6.45, 7) is 6.31. The molecule has 3 nitrogen and oxygen atoms in total. The molecule has 2 N–H and O–H groups in total. The van der Waals surface area contributed by atoms with Crippen molar-refractivity contribution >= 4 is 27.8 Å². The van der Waals surface area contributed by atoms with E-state index in [1.165, 1.54) is 16.8 Å². The fourth-order valence-electron chi connectivity index (χ4n) is 3.33. The number of fused-ring (bicyclic) bond motifs is 3. The molecule has 2 aromatic carbocycles. The maximum Gasteiger partial charge on any atom is 0.176 e. The number of nitrogens with two attached hydrogens (primary N) is 1. The van der Waals surface area contributed by atoms with Gasteiger partial charge in [-0.15, -0.1) is 0 Å². The van der Waals surface area contributed by atoms with E-state index >= 15 is 0 Å². The molecule has 4 rings (SSSR count). The molecular weight excluding hydrogens is 272 g/mol. The fraction of sp³-hybridized carbons (Fsp3) is 0.158. The molecule has 2 aromatic heterocycles. The molecule has 0 atom stereocenters. The summed E-state index contributed by atoms with van der Waals surface area (Å²) in [5, 5.41) is 1.10. The first-order valence-corrected chi connectivity index (χ1v) is 7.44. The fourth-order valence-corrected chi connectivity index (χ4v) is 3.33. The number of benzene rings is 2. The van der Waals surface area contributed by atoms with Crippen LogP contribution in [0.2, 0.25) is 0 Å². The Balaban J connectivity index is 2.24. The Labute approximate surface area is 129 Å². The van der Waals surface area contributed by atoms with Crippen LogP contribution in [0, 0.1) is 20.8 Å². The summed E-state index contributed by atoms with van der Waals surface area (Å²) in [7, 11) is 0. The summed E-state index contributed by atoms with van der Waals surface area (Å²) < 4.78 is 8.24. The number of aromatic nitrogens is 1. The average molecular weight is 290 g/mol. The number of aryl methyl sites for hydroxylation is 2. The number of para-hydroxylation sites is 2. The highest BCUT2D eigenvalue weighted by Crippen LogP contribution is 2.39. The molecule has 0 aliphatic rings. The minimum atomic E-state index is 0.717. The van der Waals surface area contributed by atoms with Gasteiger partial charge < -0.3 is 14.7 Å². The molecule has 22 heavy (non-hydrogen) atoms. The normalized spacial score (nSPS) is 11.6. The van der Waals surface area contributed by atoms with E-state index in [0.717, 1.165) is 27.8 Å². The van der Waals surface area contributed by atoms with E-state index in [2.05, 4.69) is 42.7 Å². The zero-order valence-electron chi connectivity index (χ0n) is 13.0. The number of furan rings is 1. The number of rotatable bonds is 1. The lowest BCUT2D eigenvalue weighted by atomic mass is 10.1. The van der Waals surface area contributed by atoms with E-state index in [0.29, 0.717) is 5.69 Å². The van der Waals surface area contributed by atoms with Gasteiger partial charge in [0.2, 0.25) is 0 Å². The highest BCUT2D eigenvalue weighted by atomic mass is 16.3. The Kier molecular flexibility index (Phi) is 2.61. The average Bonchev–Trinajstić information content (AvgIpc) is 2.98. The lowest BCUT2D eigenvalue weighted by molar-refractivity contribution is 0.671. The van der Waals surface area contributed by atoms with Crippen molar-refractivity contribution in [2.24, 2.45) is 0 Å². The lowest BCUT2D eigenvalue weighted by Crippen LogP contribution is -2.02. The Hall–Kier alpha value is -2.68. The first-order valence-electron chi connectivity index (χ1n) is 7.44. The number of nitrogens with zero attached hydrogens (tertiary/aromatic N) is 1. The van der Waals surface area contributed by atoms with Crippen molar-refractivity contribution in [3.8, 4) is 5.69 Å². The van der Waals surface area contributed by atoms with Crippen molar-refractivity contribution in [2.75, 3.05) is 5.73 Å². The minimum absolute atomic E-state index is 0.717. The van der Waals surface area contributed by atoms with Gasteiger partial charge in [-0.05, 0) is 44.0 Å². The first kappa shape index (κ1) is 13.0. The molecule has 3 heteroatoms. The van der Waals surface area contributed by atoms with Gasteiger partial charge in [0.05, 0.1) is 11.4 Å². The van der Waals surface area contributed by atoms with Crippen LogP contribution in [0.4, 0.5) is 5.69 Å². The number of anilines is 1. The largest absolute Gasteiger partial charge is 0.452 e. The van der Waals surface area contributed by atoms with E-state index in [-0.39, 0.29) is 0 Å². The summed E-state index contributed by atoms with van der Waals surface area (Å²) in [4.78, 5) is 0. The quantitative estimate of drug-likeness (QED) is 0.542. The van der Waals surface area contributed by atoms with E-state index in [1.54, 1.807) is 0 Å². The summed E-state index contributed by atoms with van der Waals surface area (Å²) in [5.41, 5.74) is 14.4. The molecule has 0 fully saturated rings. The third-order valence-corrected chi connectivity index (χ3v) is 4.43. The molecular formula is C19H18N2O. The zero-order valence-corrected chi connectivity index (χ0v) is 13.0. The maximum atomic E-state index is 6.33. The van der Waals surface area contributed by atoms with Crippen LogP contribution in [0.25, 0.3) is 27.8 Å². The highest BCUT2D eigenvalue weighted by Gasteiger charge is 2.21. The van der Waals surface area contributed by atoms with Crippen LogP contribution < -0.4 is 5.73 Å². The summed E-state index contributed by atoms with van der Waals surface area (Å²) in [6.07, 6.45) is 0. The van der Waals surface area contributed by atoms with Crippen molar-refractivity contribution in [2.45, 2.75) is 20.8 Å². The molecule has 0 spiro atoms. The van der Waals surface area contributed by atoms with Gasteiger partial charge in [-0.1, -0.05) is 30.3 Å². The second kappa shape index (κ2) is 4.41. The zero-order chi connectivity index (χ0) is 15.4. The number of hydrogen-bond acceptors (Lipinski definition) is 2. The van der Waals surface area contributed by atoms with Crippen LogP contribution in [0.5, 0.6) is 0 Å². The van der Waals surface area contributed by atoms with Crippen molar-refractivity contribution in [3.05, 3.63) is 59.3 Å². The van der Waals surface area contributed by atoms with Gasteiger partial charge in [0, 0.05) is 11.1 Å². The molecule has 0 bridgehead atoms. The Bertz CT molecular complexity index is 1000. The van der Waals surface area contributed by atoms with Crippen LogP contribution in [0.1, 0.15) is 16.8 Å². The Morgan fingerprint density at radius 1 is 0.909 bits per heavy atom. The van der Waals surface area contributed by atoms with E-state index in [9.17, 15) is 0 Å². The van der Waals surface area contributed by atoms with Crippen LogP contribution in [0.15, 0.2) is 46.9 Å². The number of hydrogen-bond donors (Lipinski definition) is 1. The van der Waals surface area contributed by atoms with Crippen molar-refractivity contribution in [1.29, 1.82) is 0 Å². The van der Waals surface area contributed by atoms with Gasteiger partial charge in [0.25, 0.3) is 0 Å². The summed E-state index contributed by atoms with van der Waals surface area (Å²) in [5.74, 6) is 0. The molecule has 0 saturated heterocycles. The van der Waals surface area contributed by atoms with Crippen molar-refractivity contribution in [3.63, 3.8) is 0 Å². The second-order valence-electron chi connectivity index (χ2n) is 5.85. The van der Waals surface area contributed by atoms with Crippen LogP contribution in [-0.2, 0) is 0 Å². The SMILES string of the molecule is Cc1cccc(C)c1-n1c(C)c(N)c2oc3ccccc3c21. The van der Waals surface area contributed by atoms with Crippen molar-refractivity contribution < 1.29 is 4.42 Å². The predicted molar refractivity (Wildman–Crippen MR) is 91.7 cm³/mol.